The number of thiazole rings is 1. The summed E-state index contributed by atoms with van der Waals surface area (Å²) < 4.78 is 0. The lowest BCUT2D eigenvalue weighted by atomic mass is 9.87. The fraction of sp³-hybridized carbons (Fsp3) is 0.522. The van der Waals surface area contributed by atoms with Gasteiger partial charge in [0.25, 0.3) is 0 Å². The average Bonchev–Trinajstić information content (AvgIpc) is 3.31. The van der Waals surface area contributed by atoms with Gasteiger partial charge in [0.1, 0.15) is 0 Å². The molecular formula is C23H32N4O3S. The first-order valence-electron chi connectivity index (χ1n) is 10.5. The van der Waals surface area contributed by atoms with Crippen LogP contribution in [0.15, 0.2) is 29.8 Å². The van der Waals surface area contributed by atoms with Crippen molar-refractivity contribution in [3.8, 4) is 10.4 Å². The van der Waals surface area contributed by atoms with Gasteiger partial charge in [-0.15, -0.1) is 11.3 Å². The average molecular weight is 445 g/mol. The minimum absolute atomic E-state index is 0.101. The van der Waals surface area contributed by atoms with Gasteiger partial charge < -0.3 is 10.8 Å². The summed E-state index contributed by atoms with van der Waals surface area (Å²) in [5, 5.41) is 12.7. The number of benzene rings is 1. The second-order valence-corrected chi connectivity index (χ2v) is 10.2. The number of nitrogens with zero attached hydrogens (tertiary/aromatic N) is 2. The van der Waals surface area contributed by atoms with Gasteiger partial charge in [-0.1, -0.05) is 45.0 Å². The summed E-state index contributed by atoms with van der Waals surface area (Å²) >= 11 is 1.61. The van der Waals surface area contributed by atoms with E-state index < -0.39 is 35.4 Å². The Hall–Kier alpha value is -2.13. The van der Waals surface area contributed by atoms with E-state index in [-0.39, 0.29) is 12.5 Å². The number of amides is 2. The standard InChI is InChI=1S/C23H32N4O3S/c1-13-19(31-12-25-13)16-8-6-15(7-9-16)14(2)27-11-17(28)10-18(27)21(29)26-22(30)20(24)23(3,4)5/h6-9,12,14,17-18,20,28H,10-11,24H2,1-5H3,(H,26,29,30)/t14-,17+,18-,20+/m0/s1. The zero-order valence-corrected chi connectivity index (χ0v) is 19.6. The van der Waals surface area contributed by atoms with Crippen LogP contribution in [-0.2, 0) is 9.59 Å². The van der Waals surface area contributed by atoms with Crippen molar-refractivity contribution in [2.45, 2.75) is 65.3 Å². The van der Waals surface area contributed by atoms with Crippen LogP contribution in [0, 0.1) is 12.3 Å². The van der Waals surface area contributed by atoms with Crippen molar-refractivity contribution in [3.05, 3.63) is 41.0 Å². The van der Waals surface area contributed by atoms with E-state index in [2.05, 4.69) is 22.4 Å². The fourth-order valence-electron chi connectivity index (χ4n) is 3.88. The highest BCUT2D eigenvalue weighted by Gasteiger charge is 2.40. The number of aliphatic hydroxyl groups excluding tert-OH is 1. The maximum absolute atomic E-state index is 12.9. The van der Waals surface area contributed by atoms with E-state index in [9.17, 15) is 14.7 Å². The zero-order chi connectivity index (χ0) is 22.9. The van der Waals surface area contributed by atoms with Crippen LogP contribution < -0.4 is 11.1 Å². The Labute approximate surface area is 187 Å². The molecule has 0 saturated carbocycles. The highest BCUT2D eigenvalue weighted by Crippen LogP contribution is 2.32. The van der Waals surface area contributed by atoms with Gasteiger partial charge in [0, 0.05) is 12.6 Å². The number of nitrogens with one attached hydrogen (secondary N) is 1. The molecule has 168 valence electrons. The SMILES string of the molecule is Cc1ncsc1-c1ccc([C@H](C)N2C[C@H](O)C[C@H]2C(=O)NC(=O)[C@@H](N)C(C)(C)C)cc1. The summed E-state index contributed by atoms with van der Waals surface area (Å²) in [5.41, 5.74) is 10.5. The number of aryl methyl sites for hydroxylation is 1. The molecule has 8 heteroatoms. The van der Waals surface area contributed by atoms with Crippen molar-refractivity contribution in [2.24, 2.45) is 11.1 Å². The first kappa shape index (κ1) is 23.5. The number of carbonyl (C=O) groups is 2. The third kappa shape index (κ3) is 5.20. The van der Waals surface area contributed by atoms with Crippen molar-refractivity contribution in [3.63, 3.8) is 0 Å². The van der Waals surface area contributed by atoms with Gasteiger partial charge in [0.05, 0.1) is 34.3 Å². The van der Waals surface area contributed by atoms with E-state index in [4.69, 9.17) is 5.73 Å². The zero-order valence-electron chi connectivity index (χ0n) is 18.8. The maximum Gasteiger partial charge on any atom is 0.244 e. The molecular weight excluding hydrogens is 412 g/mol. The van der Waals surface area contributed by atoms with E-state index in [0.717, 1.165) is 21.7 Å². The second-order valence-electron chi connectivity index (χ2n) is 9.36. The number of nitrogens with two attached hydrogens (primary N) is 1. The molecule has 0 spiro atoms. The molecule has 1 aromatic carbocycles. The number of likely N-dealkylation sites (tertiary alicyclic amines) is 1. The number of carbonyl (C=O) groups excluding carboxylic acids is 2. The van der Waals surface area contributed by atoms with Crippen LogP contribution in [-0.4, -0.2) is 51.5 Å². The Kier molecular flexibility index (Phi) is 6.95. The summed E-state index contributed by atoms with van der Waals surface area (Å²) in [6.45, 7) is 9.93. The molecule has 7 nitrogen and oxygen atoms in total. The first-order valence-corrected chi connectivity index (χ1v) is 11.4. The van der Waals surface area contributed by atoms with Crippen LogP contribution in [0.4, 0.5) is 0 Å². The van der Waals surface area contributed by atoms with Crippen molar-refractivity contribution in [2.75, 3.05) is 6.54 Å². The number of aromatic nitrogens is 1. The second kappa shape index (κ2) is 9.16. The van der Waals surface area contributed by atoms with Crippen molar-refractivity contribution in [1.29, 1.82) is 0 Å². The molecule has 0 radical (unpaired) electrons. The number of hydrogen-bond acceptors (Lipinski definition) is 7. The van der Waals surface area contributed by atoms with E-state index in [1.54, 1.807) is 11.3 Å². The quantitative estimate of drug-likeness (QED) is 0.654. The molecule has 2 aromatic rings. The van der Waals surface area contributed by atoms with Crippen molar-refractivity contribution >= 4 is 23.2 Å². The summed E-state index contributed by atoms with van der Waals surface area (Å²) in [6, 6.07) is 6.70. The Morgan fingerprint density at radius 3 is 2.48 bits per heavy atom. The van der Waals surface area contributed by atoms with Gasteiger partial charge in [0.15, 0.2) is 0 Å². The molecule has 1 aliphatic rings. The van der Waals surface area contributed by atoms with Crippen LogP contribution in [0.1, 0.15) is 51.4 Å². The van der Waals surface area contributed by atoms with Crippen molar-refractivity contribution in [1.82, 2.24) is 15.2 Å². The van der Waals surface area contributed by atoms with Crippen LogP contribution in [0.2, 0.25) is 0 Å². The summed E-state index contributed by atoms with van der Waals surface area (Å²) in [5.74, 6) is -0.902. The topological polar surface area (TPSA) is 109 Å². The highest BCUT2D eigenvalue weighted by molar-refractivity contribution is 7.13. The van der Waals surface area contributed by atoms with Crippen LogP contribution >= 0.6 is 11.3 Å². The maximum atomic E-state index is 12.9. The lowest BCUT2D eigenvalue weighted by Crippen LogP contribution is -2.54. The summed E-state index contributed by atoms with van der Waals surface area (Å²) in [6.07, 6.45) is -0.337. The molecule has 0 aliphatic carbocycles. The van der Waals surface area contributed by atoms with Gasteiger partial charge in [-0.05, 0) is 36.8 Å². The Morgan fingerprint density at radius 1 is 1.29 bits per heavy atom. The predicted octanol–water partition coefficient (Wildman–Crippen LogP) is 2.63. The normalized spacial score (nSPS) is 21.6. The number of β-amino-alcohol motifs (C(OH)–C–C–N with tert-alkyl or cyclic N) is 1. The van der Waals surface area contributed by atoms with Crippen molar-refractivity contribution < 1.29 is 14.7 Å². The minimum Gasteiger partial charge on any atom is -0.392 e. The molecule has 2 amide bonds. The fourth-order valence-corrected chi connectivity index (χ4v) is 4.69. The molecule has 2 heterocycles. The first-order chi connectivity index (χ1) is 14.5. The molecule has 0 bridgehead atoms. The number of imide groups is 1. The molecule has 3 rings (SSSR count). The lowest BCUT2D eigenvalue weighted by molar-refractivity contribution is -0.135. The Balaban J connectivity index is 1.73. The van der Waals surface area contributed by atoms with Crippen LogP contribution in [0.3, 0.4) is 0 Å². The van der Waals surface area contributed by atoms with E-state index in [0.29, 0.717) is 6.54 Å². The molecule has 1 aromatic heterocycles. The number of hydrogen-bond donors (Lipinski definition) is 3. The molecule has 1 saturated heterocycles. The molecule has 1 aliphatic heterocycles. The monoisotopic (exact) mass is 444 g/mol. The molecule has 31 heavy (non-hydrogen) atoms. The lowest BCUT2D eigenvalue weighted by Gasteiger charge is -2.31. The smallest absolute Gasteiger partial charge is 0.244 e. The number of aliphatic hydroxyl groups is 1. The van der Waals surface area contributed by atoms with Gasteiger partial charge in [-0.3, -0.25) is 19.8 Å². The van der Waals surface area contributed by atoms with Gasteiger partial charge in [-0.2, -0.15) is 0 Å². The molecule has 4 N–H and O–H groups in total. The molecule has 1 fully saturated rings. The van der Waals surface area contributed by atoms with E-state index in [1.165, 1.54) is 0 Å². The molecule has 0 unspecified atom stereocenters. The van der Waals surface area contributed by atoms with Crippen LogP contribution in [0.25, 0.3) is 10.4 Å². The summed E-state index contributed by atoms with van der Waals surface area (Å²) in [7, 11) is 0. The third-order valence-corrected chi connectivity index (χ3v) is 6.96. The highest BCUT2D eigenvalue weighted by atomic mass is 32.1. The van der Waals surface area contributed by atoms with Gasteiger partial charge in [0.2, 0.25) is 11.8 Å². The van der Waals surface area contributed by atoms with E-state index in [1.807, 2.05) is 57.2 Å². The van der Waals surface area contributed by atoms with E-state index >= 15 is 0 Å². The summed E-state index contributed by atoms with van der Waals surface area (Å²) in [4.78, 5) is 32.7. The third-order valence-electron chi connectivity index (χ3n) is 5.98. The molecule has 4 atom stereocenters. The van der Waals surface area contributed by atoms with Crippen LogP contribution in [0.5, 0.6) is 0 Å². The Morgan fingerprint density at radius 2 is 1.94 bits per heavy atom. The number of rotatable bonds is 5. The minimum atomic E-state index is -0.795. The predicted molar refractivity (Wildman–Crippen MR) is 122 cm³/mol. The Bertz CT molecular complexity index is 935. The van der Waals surface area contributed by atoms with Gasteiger partial charge >= 0.3 is 0 Å². The van der Waals surface area contributed by atoms with Gasteiger partial charge in [-0.25, -0.2) is 4.98 Å². The largest absolute Gasteiger partial charge is 0.392 e.